The van der Waals surface area contributed by atoms with Crippen molar-refractivity contribution in [1.82, 2.24) is 9.88 Å². The summed E-state index contributed by atoms with van der Waals surface area (Å²) < 4.78 is 0. The number of pyridine rings is 1. The Bertz CT molecular complexity index is 420. The molecule has 2 aliphatic heterocycles. The normalized spacial score (nSPS) is 28.4. The van der Waals surface area contributed by atoms with Crippen LogP contribution in [0.1, 0.15) is 25.5 Å². The van der Waals surface area contributed by atoms with Crippen molar-refractivity contribution in [3.63, 3.8) is 0 Å². The molecule has 0 bridgehead atoms. The molecule has 4 heteroatoms. The Morgan fingerprint density at radius 2 is 2.28 bits per heavy atom. The highest BCUT2D eigenvalue weighted by Gasteiger charge is 2.34. The Morgan fingerprint density at radius 3 is 3.11 bits per heavy atom. The minimum absolute atomic E-state index is 0.519. The van der Waals surface area contributed by atoms with E-state index in [-0.39, 0.29) is 0 Å². The quantitative estimate of drug-likeness (QED) is 0.852. The summed E-state index contributed by atoms with van der Waals surface area (Å²) in [7, 11) is 0. The molecule has 0 spiro atoms. The second-order valence-electron chi connectivity index (χ2n) is 5.48. The number of anilines is 1. The molecule has 2 saturated heterocycles. The lowest BCUT2D eigenvalue weighted by atomic mass is 10.1. The topological polar surface area (TPSA) is 45.4 Å². The smallest absolute Gasteiger partial charge is 0.129 e. The number of nitrogens with two attached hydrogens (primary N) is 1. The Morgan fingerprint density at radius 1 is 1.39 bits per heavy atom. The number of piperazine rings is 1. The van der Waals surface area contributed by atoms with Crippen molar-refractivity contribution in [2.75, 3.05) is 24.5 Å². The maximum Gasteiger partial charge on any atom is 0.129 e. The van der Waals surface area contributed by atoms with E-state index >= 15 is 0 Å². The van der Waals surface area contributed by atoms with E-state index in [1.807, 2.05) is 6.07 Å². The summed E-state index contributed by atoms with van der Waals surface area (Å²) in [6.07, 6.45) is 2.68. The molecule has 1 aromatic heterocycles. The van der Waals surface area contributed by atoms with E-state index < -0.39 is 0 Å². The summed E-state index contributed by atoms with van der Waals surface area (Å²) in [6, 6.07) is 7.45. The molecule has 0 aliphatic carbocycles. The largest absolute Gasteiger partial charge is 0.351 e. The van der Waals surface area contributed by atoms with Crippen molar-refractivity contribution < 1.29 is 0 Å². The van der Waals surface area contributed by atoms with Gasteiger partial charge in [0.05, 0.1) is 5.69 Å². The van der Waals surface area contributed by atoms with E-state index in [2.05, 4.69) is 33.8 Å². The highest BCUT2D eigenvalue weighted by Crippen LogP contribution is 2.27. The molecule has 4 nitrogen and oxygen atoms in total. The summed E-state index contributed by atoms with van der Waals surface area (Å²) in [5, 5.41) is 0. The number of aromatic nitrogens is 1. The fourth-order valence-electron chi connectivity index (χ4n) is 3.25. The first-order chi connectivity index (χ1) is 8.78. The summed E-state index contributed by atoms with van der Waals surface area (Å²) in [4.78, 5) is 9.74. The van der Waals surface area contributed by atoms with Crippen molar-refractivity contribution >= 4 is 5.82 Å². The fraction of sp³-hybridized carbons (Fsp3) is 0.643. The van der Waals surface area contributed by atoms with Crippen LogP contribution in [-0.2, 0) is 6.54 Å². The predicted molar refractivity (Wildman–Crippen MR) is 73.5 cm³/mol. The molecule has 2 atom stereocenters. The molecular formula is C14H22N4. The zero-order valence-electron chi connectivity index (χ0n) is 11.0. The van der Waals surface area contributed by atoms with Crippen molar-refractivity contribution in [3.8, 4) is 0 Å². The van der Waals surface area contributed by atoms with E-state index in [4.69, 9.17) is 5.73 Å². The van der Waals surface area contributed by atoms with Gasteiger partial charge in [-0.25, -0.2) is 4.98 Å². The third-order valence-electron chi connectivity index (χ3n) is 4.23. The third-order valence-corrected chi connectivity index (χ3v) is 4.23. The number of hydrogen-bond donors (Lipinski definition) is 1. The molecule has 98 valence electrons. The molecule has 3 rings (SSSR count). The van der Waals surface area contributed by atoms with Gasteiger partial charge in [0.1, 0.15) is 5.82 Å². The average molecular weight is 246 g/mol. The number of fused-ring (bicyclic) bond motifs is 1. The molecule has 1 aromatic rings. The average Bonchev–Trinajstić information content (AvgIpc) is 2.85. The molecule has 0 saturated carbocycles. The third kappa shape index (κ3) is 2.10. The van der Waals surface area contributed by atoms with Crippen molar-refractivity contribution in [3.05, 3.63) is 23.9 Å². The van der Waals surface area contributed by atoms with Crippen LogP contribution < -0.4 is 10.6 Å². The van der Waals surface area contributed by atoms with Crippen LogP contribution in [0.2, 0.25) is 0 Å². The van der Waals surface area contributed by atoms with Gasteiger partial charge in [0, 0.05) is 31.7 Å². The van der Waals surface area contributed by atoms with Gasteiger partial charge in [0.15, 0.2) is 0 Å². The minimum atomic E-state index is 0.519. The Balaban J connectivity index is 1.81. The molecule has 3 heterocycles. The molecule has 2 unspecified atom stereocenters. The summed E-state index contributed by atoms with van der Waals surface area (Å²) in [5.41, 5.74) is 6.66. The molecule has 2 fully saturated rings. The summed E-state index contributed by atoms with van der Waals surface area (Å²) in [6.45, 7) is 6.37. The number of rotatable bonds is 2. The molecule has 0 amide bonds. The zero-order chi connectivity index (χ0) is 12.5. The van der Waals surface area contributed by atoms with Gasteiger partial charge in [-0.15, -0.1) is 0 Å². The van der Waals surface area contributed by atoms with Crippen LogP contribution in [0.4, 0.5) is 5.82 Å². The van der Waals surface area contributed by atoms with E-state index in [0.717, 1.165) is 24.1 Å². The molecule has 0 aromatic carbocycles. The highest BCUT2D eigenvalue weighted by molar-refractivity contribution is 5.41. The molecular weight excluding hydrogens is 224 g/mol. The van der Waals surface area contributed by atoms with E-state index in [9.17, 15) is 0 Å². The van der Waals surface area contributed by atoms with Gasteiger partial charge in [-0.3, -0.25) is 4.90 Å². The van der Waals surface area contributed by atoms with Crippen LogP contribution in [0.25, 0.3) is 0 Å². The first-order valence-electron chi connectivity index (χ1n) is 6.94. The summed E-state index contributed by atoms with van der Waals surface area (Å²) in [5.74, 6) is 1.09. The van der Waals surface area contributed by atoms with Crippen molar-refractivity contribution in [2.45, 2.75) is 38.4 Å². The van der Waals surface area contributed by atoms with Gasteiger partial charge in [0.2, 0.25) is 0 Å². The highest BCUT2D eigenvalue weighted by atomic mass is 15.3. The fourth-order valence-corrected chi connectivity index (χ4v) is 3.25. The molecule has 2 N–H and O–H groups in total. The minimum Gasteiger partial charge on any atom is -0.351 e. The van der Waals surface area contributed by atoms with Crippen LogP contribution in [0, 0.1) is 0 Å². The second-order valence-corrected chi connectivity index (χ2v) is 5.48. The van der Waals surface area contributed by atoms with Crippen LogP contribution in [0.15, 0.2) is 18.2 Å². The Labute approximate surface area is 109 Å². The van der Waals surface area contributed by atoms with Gasteiger partial charge >= 0.3 is 0 Å². The summed E-state index contributed by atoms with van der Waals surface area (Å²) >= 11 is 0. The van der Waals surface area contributed by atoms with E-state index in [1.54, 1.807) is 0 Å². The van der Waals surface area contributed by atoms with Crippen LogP contribution >= 0.6 is 0 Å². The maximum atomic E-state index is 5.68. The van der Waals surface area contributed by atoms with Gasteiger partial charge in [-0.2, -0.15) is 0 Å². The molecule has 0 radical (unpaired) electrons. The maximum absolute atomic E-state index is 5.68. The van der Waals surface area contributed by atoms with Crippen LogP contribution in [0.3, 0.4) is 0 Å². The monoisotopic (exact) mass is 246 g/mol. The SMILES string of the molecule is CC1CN2CCCC2CN1c1cccc(CN)n1. The number of nitrogens with zero attached hydrogens (tertiary/aromatic N) is 3. The lowest BCUT2D eigenvalue weighted by Gasteiger charge is -2.43. The van der Waals surface area contributed by atoms with E-state index in [0.29, 0.717) is 12.6 Å². The van der Waals surface area contributed by atoms with Crippen LogP contribution in [-0.4, -0.2) is 41.6 Å². The number of hydrogen-bond acceptors (Lipinski definition) is 4. The molecule has 2 aliphatic rings. The zero-order valence-corrected chi connectivity index (χ0v) is 11.0. The Hall–Kier alpha value is -1.13. The molecule has 18 heavy (non-hydrogen) atoms. The van der Waals surface area contributed by atoms with Gasteiger partial charge in [-0.1, -0.05) is 6.07 Å². The van der Waals surface area contributed by atoms with E-state index in [1.165, 1.54) is 25.9 Å². The van der Waals surface area contributed by atoms with Gasteiger partial charge < -0.3 is 10.6 Å². The van der Waals surface area contributed by atoms with Crippen molar-refractivity contribution in [1.29, 1.82) is 0 Å². The lowest BCUT2D eigenvalue weighted by molar-refractivity contribution is 0.202. The standard InChI is InChI=1S/C14H22N4/c1-11-9-17-7-3-5-13(17)10-18(11)14-6-2-4-12(8-15)16-14/h2,4,6,11,13H,3,5,7-10,15H2,1H3. The van der Waals surface area contributed by atoms with Gasteiger partial charge in [-0.05, 0) is 38.4 Å². The Kier molecular flexibility index (Phi) is 3.22. The lowest BCUT2D eigenvalue weighted by Crippen LogP contribution is -2.55. The van der Waals surface area contributed by atoms with Gasteiger partial charge in [0.25, 0.3) is 0 Å². The first kappa shape index (κ1) is 11.9. The predicted octanol–water partition coefficient (Wildman–Crippen LogP) is 1.21. The van der Waals surface area contributed by atoms with Crippen molar-refractivity contribution in [2.24, 2.45) is 5.73 Å². The first-order valence-corrected chi connectivity index (χ1v) is 6.94. The second kappa shape index (κ2) is 4.86. The van der Waals surface area contributed by atoms with Crippen LogP contribution in [0.5, 0.6) is 0 Å².